The first-order valence-corrected chi connectivity index (χ1v) is 9.80. The van der Waals surface area contributed by atoms with Crippen LogP contribution in [-0.4, -0.2) is 26.4 Å². The molecule has 1 heterocycles. The number of aryl methyl sites for hydroxylation is 2. The second-order valence-electron chi connectivity index (χ2n) is 7.42. The Morgan fingerprint density at radius 2 is 1.45 bits per heavy atom. The normalized spacial score (nSPS) is 17.6. The maximum Gasteiger partial charge on any atom is 0.162 e. The predicted molar refractivity (Wildman–Crippen MR) is 117 cm³/mol. The Bertz CT molecular complexity index is 1090. The van der Waals surface area contributed by atoms with Crippen LogP contribution in [0.5, 0.6) is 11.5 Å². The molecule has 3 aromatic carbocycles. The van der Waals surface area contributed by atoms with Crippen molar-refractivity contribution in [3.05, 3.63) is 81.4 Å². The third-order valence-corrected chi connectivity index (χ3v) is 6.04. The first kappa shape index (κ1) is 19.6. The first-order valence-electron chi connectivity index (χ1n) is 9.42. The zero-order valence-corrected chi connectivity index (χ0v) is 18.0. The van der Waals surface area contributed by atoms with Crippen LogP contribution in [0.2, 0.25) is 5.02 Å². The van der Waals surface area contributed by atoms with Crippen LogP contribution in [0, 0.1) is 13.8 Å². The minimum Gasteiger partial charge on any atom is -0.493 e. The molecule has 0 aliphatic carbocycles. The molecule has 1 aliphatic heterocycles. The van der Waals surface area contributed by atoms with E-state index in [-0.39, 0.29) is 0 Å². The van der Waals surface area contributed by atoms with Gasteiger partial charge in [-0.2, -0.15) is 0 Å². The summed E-state index contributed by atoms with van der Waals surface area (Å²) in [4.78, 5) is 2.03. The highest BCUT2D eigenvalue weighted by Gasteiger charge is 2.45. The van der Waals surface area contributed by atoms with Crippen LogP contribution in [0.15, 0.2) is 48.5 Å². The van der Waals surface area contributed by atoms with E-state index in [0.717, 1.165) is 39.2 Å². The molecule has 150 valence electrons. The van der Waals surface area contributed by atoms with E-state index in [1.165, 1.54) is 0 Å². The Balaban J connectivity index is 2.16. The highest BCUT2D eigenvalue weighted by atomic mass is 35.5. The van der Waals surface area contributed by atoms with Crippen molar-refractivity contribution in [1.29, 1.82) is 0 Å². The van der Waals surface area contributed by atoms with Gasteiger partial charge in [-0.25, -0.2) is 0 Å². The standard InChI is InChI=1S/C24H24ClNO3/c1-14-7-6-8-15(2)23(14)24(27)17-10-9-16(25)11-19(17)26(3)20-13-22(29-5)21(28-4)12-18(20)24/h6-13,27H,1-5H3. The summed E-state index contributed by atoms with van der Waals surface area (Å²) < 4.78 is 11.1. The van der Waals surface area contributed by atoms with Gasteiger partial charge in [-0.3, -0.25) is 0 Å². The molecular formula is C24H24ClNO3. The molecule has 5 heteroatoms. The molecule has 0 spiro atoms. The average molecular weight is 410 g/mol. The van der Waals surface area contributed by atoms with Gasteiger partial charge in [0.05, 0.1) is 19.9 Å². The van der Waals surface area contributed by atoms with Crippen molar-refractivity contribution in [3.63, 3.8) is 0 Å². The van der Waals surface area contributed by atoms with Gasteiger partial charge in [0.25, 0.3) is 0 Å². The number of ether oxygens (including phenoxy) is 2. The molecule has 0 bridgehead atoms. The smallest absolute Gasteiger partial charge is 0.162 e. The fourth-order valence-corrected chi connectivity index (χ4v) is 4.62. The van der Waals surface area contributed by atoms with Crippen molar-refractivity contribution >= 4 is 23.0 Å². The molecule has 1 N–H and O–H groups in total. The molecule has 3 aromatic rings. The van der Waals surface area contributed by atoms with Crippen molar-refractivity contribution < 1.29 is 14.6 Å². The summed E-state index contributed by atoms with van der Waals surface area (Å²) in [5.74, 6) is 1.18. The number of hydrogen-bond donors (Lipinski definition) is 1. The predicted octanol–water partition coefficient (Wildman–Crippen LogP) is 5.34. The molecule has 0 amide bonds. The number of rotatable bonds is 3. The zero-order chi connectivity index (χ0) is 20.9. The number of nitrogens with zero attached hydrogens (tertiary/aromatic N) is 1. The van der Waals surface area contributed by atoms with E-state index in [0.29, 0.717) is 16.5 Å². The van der Waals surface area contributed by atoms with Gasteiger partial charge < -0.3 is 19.5 Å². The summed E-state index contributed by atoms with van der Waals surface area (Å²) in [6.45, 7) is 4.04. The molecule has 4 rings (SSSR count). The lowest BCUT2D eigenvalue weighted by Crippen LogP contribution is -2.38. The molecule has 0 saturated heterocycles. The number of anilines is 2. The van der Waals surface area contributed by atoms with Gasteiger partial charge in [-0.1, -0.05) is 35.9 Å². The van der Waals surface area contributed by atoms with Crippen LogP contribution in [0.4, 0.5) is 11.4 Å². The molecule has 0 radical (unpaired) electrons. The first-order chi connectivity index (χ1) is 13.8. The third-order valence-electron chi connectivity index (χ3n) is 5.81. The van der Waals surface area contributed by atoms with Gasteiger partial charge in [0.2, 0.25) is 0 Å². The van der Waals surface area contributed by atoms with E-state index < -0.39 is 5.60 Å². The number of hydrogen-bond acceptors (Lipinski definition) is 4. The third kappa shape index (κ3) is 2.78. The number of halogens is 1. The van der Waals surface area contributed by atoms with E-state index in [2.05, 4.69) is 0 Å². The van der Waals surface area contributed by atoms with Gasteiger partial charge in [0, 0.05) is 35.0 Å². The fraction of sp³-hybridized carbons (Fsp3) is 0.250. The summed E-state index contributed by atoms with van der Waals surface area (Å²) in [6, 6.07) is 15.4. The molecule has 1 unspecified atom stereocenters. The van der Waals surface area contributed by atoms with Gasteiger partial charge in [-0.05, 0) is 48.7 Å². The van der Waals surface area contributed by atoms with E-state index in [1.54, 1.807) is 14.2 Å². The Morgan fingerprint density at radius 3 is 2.07 bits per heavy atom. The Morgan fingerprint density at radius 1 is 0.862 bits per heavy atom. The van der Waals surface area contributed by atoms with Gasteiger partial charge in [0.15, 0.2) is 11.5 Å². The molecule has 0 aromatic heterocycles. The lowest BCUT2D eigenvalue weighted by atomic mass is 9.73. The maximum absolute atomic E-state index is 12.4. The highest BCUT2D eigenvalue weighted by molar-refractivity contribution is 6.31. The van der Waals surface area contributed by atoms with Gasteiger partial charge >= 0.3 is 0 Å². The average Bonchev–Trinajstić information content (AvgIpc) is 2.71. The summed E-state index contributed by atoms with van der Waals surface area (Å²) in [6.07, 6.45) is 0. The summed E-state index contributed by atoms with van der Waals surface area (Å²) in [5.41, 5.74) is 4.73. The van der Waals surface area contributed by atoms with E-state index in [1.807, 2.05) is 74.3 Å². The lowest BCUT2D eigenvalue weighted by molar-refractivity contribution is 0.123. The second-order valence-corrected chi connectivity index (χ2v) is 7.86. The van der Waals surface area contributed by atoms with E-state index >= 15 is 0 Å². The van der Waals surface area contributed by atoms with Crippen LogP contribution in [-0.2, 0) is 5.60 Å². The van der Waals surface area contributed by atoms with Crippen molar-refractivity contribution in [2.24, 2.45) is 0 Å². The van der Waals surface area contributed by atoms with Gasteiger partial charge in [-0.15, -0.1) is 0 Å². The van der Waals surface area contributed by atoms with Crippen LogP contribution >= 0.6 is 11.6 Å². The van der Waals surface area contributed by atoms with Crippen molar-refractivity contribution in [2.45, 2.75) is 19.4 Å². The summed E-state index contributed by atoms with van der Waals surface area (Å²) in [5, 5.41) is 13.0. The lowest BCUT2D eigenvalue weighted by Gasteiger charge is -2.43. The molecule has 1 aliphatic rings. The Hall–Kier alpha value is -2.69. The van der Waals surface area contributed by atoms with Crippen LogP contribution in [0.1, 0.15) is 27.8 Å². The summed E-state index contributed by atoms with van der Waals surface area (Å²) >= 11 is 6.32. The topological polar surface area (TPSA) is 41.9 Å². The maximum atomic E-state index is 12.4. The van der Waals surface area contributed by atoms with Crippen molar-refractivity contribution in [2.75, 3.05) is 26.2 Å². The molecular weight excluding hydrogens is 386 g/mol. The van der Waals surface area contributed by atoms with Crippen molar-refractivity contribution in [3.8, 4) is 11.5 Å². The number of benzene rings is 3. The van der Waals surface area contributed by atoms with E-state index in [9.17, 15) is 5.11 Å². The quantitative estimate of drug-likeness (QED) is 0.634. The zero-order valence-electron chi connectivity index (χ0n) is 17.2. The fourth-order valence-electron chi connectivity index (χ4n) is 4.45. The van der Waals surface area contributed by atoms with Crippen molar-refractivity contribution in [1.82, 2.24) is 0 Å². The number of methoxy groups -OCH3 is 2. The molecule has 0 fully saturated rings. The SMILES string of the molecule is COc1cc2c(cc1OC)C(O)(c1c(C)cccc1C)c1ccc(Cl)cc1N2C. The number of aliphatic hydroxyl groups is 1. The molecule has 4 nitrogen and oxygen atoms in total. The number of fused-ring (bicyclic) bond motifs is 2. The molecule has 29 heavy (non-hydrogen) atoms. The monoisotopic (exact) mass is 409 g/mol. The minimum absolute atomic E-state index is 0.571. The van der Waals surface area contributed by atoms with E-state index in [4.69, 9.17) is 21.1 Å². The Kier molecular flexibility index (Phi) is 4.72. The minimum atomic E-state index is -1.36. The molecule has 0 saturated carbocycles. The van der Waals surface area contributed by atoms with Crippen LogP contribution in [0.25, 0.3) is 0 Å². The molecule has 1 atom stereocenters. The highest BCUT2D eigenvalue weighted by Crippen LogP contribution is 2.54. The Labute approximate surface area is 176 Å². The largest absolute Gasteiger partial charge is 0.493 e. The second kappa shape index (κ2) is 6.97. The van der Waals surface area contributed by atoms with Crippen LogP contribution < -0.4 is 14.4 Å². The van der Waals surface area contributed by atoms with Gasteiger partial charge in [0.1, 0.15) is 5.60 Å². The summed E-state index contributed by atoms with van der Waals surface area (Å²) in [7, 11) is 5.17. The van der Waals surface area contributed by atoms with Crippen LogP contribution in [0.3, 0.4) is 0 Å².